The van der Waals surface area contributed by atoms with Gasteiger partial charge >= 0.3 is 0 Å². The average molecular weight is 329 g/mol. The fourth-order valence-electron chi connectivity index (χ4n) is 2.17. The first kappa shape index (κ1) is 17.7. The van der Waals surface area contributed by atoms with E-state index in [0.29, 0.717) is 23.8 Å². The van der Waals surface area contributed by atoms with E-state index in [1.807, 2.05) is 25.1 Å². The summed E-state index contributed by atoms with van der Waals surface area (Å²) >= 11 is 0. The molecule has 5 nitrogen and oxygen atoms in total. The van der Waals surface area contributed by atoms with Crippen LogP contribution in [0, 0.1) is 13.8 Å². The summed E-state index contributed by atoms with van der Waals surface area (Å²) in [6, 6.07) is 11.1. The summed E-state index contributed by atoms with van der Waals surface area (Å²) in [7, 11) is 3.13. The van der Waals surface area contributed by atoms with Crippen LogP contribution in [0.2, 0.25) is 0 Å². The van der Waals surface area contributed by atoms with Crippen molar-refractivity contribution in [1.29, 1.82) is 0 Å². The van der Waals surface area contributed by atoms with Crippen LogP contribution in [-0.4, -0.2) is 26.7 Å². The van der Waals surface area contributed by atoms with Gasteiger partial charge in [-0.15, -0.1) is 0 Å². The maximum Gasteiger partial charge on any atom is 0.227 e. The van der Waals surface area contributed by atoms with E-state index in [4.69, 9.17) is 14.2 Å². The molecule has 128 valence electrons. The molecule has 0 unspecified atom stereocenters. The monoisotopic (exact) mass is 329 g/mol. The van der Waals surface area contributed by atoms with Gasteiger partial charge in [0.15, 0.2) is 0 Å². The topological polar surface area (TPSA) is 56.8 Å². The Morgan fingerprint density at radius 3 is 2.17 bits per heavy atom. The molecule has 0 aliphatic heterocycles. The number of amides is 1. The van der Waals surface area contributed by atoms with E-state index in [2.05, 4.69) is 12.2 Å². The van der Waals surface area contributed by atoms with Crippen molar-refractivity contribution in [3.05, 3.63) is 47.5 Å². The molecule has 1 amide bonds. The summed E-state index contributed by atoms with van der Waals surface area (Å²) in [4.78, 5) is 12.1. The Morgan fingerprint density at radius 1 is 0.917 bits per heavy atom. The number of aryl methyl sites for hydroxylation is 2. The van der Waals surface area contributed by atoms with Gasteiger partial charge in [-0.1, -0.05) is 6.07 Å². The van der Waals surface area contributed by atoms with Crippen molar-refractivity contribution in [2.24, 2.45) is 0 Å². The first-order chi connectivity index (χ1) is 11.5. The zero-order chi connectivity index (χ0) is 17.5. The van der Waals surface area contributed by atoms with Gasteiger partial charge in [0.25, 0.3) is 0 Å². The molecule has 0 fully saturated rings. The summed E-state index contributed by atoms with van der Waals surface area (Å²) < 4.78 is 16.0. The van der Waals surface area contributed by atoms with Gasteiger partial charge in [-0.3, -0.25) is 4.79 Å². The number of ether oxygens (including phenoxy) is 3. The molecule has 0 saturated heterocycles. The Morgan fingerprint density at radius 2 is 1.58 bits per heavy atom. The predicted molar refractivity (Wildman–Crippen MR) is 94.2 cm³/mol. The molecule has 0 atom stereocenters. The fraction of sp³-hybridized carbons (Fsp3) is 0.316. The molecule has 2 aromatic rings. The van der Waals surface area contributed by atoms with E-state index in [9.17, 15) is 4.79 Å². The molecule has 0 radical (unpaired) electrons. The van der Waals surface area contributed by atoms with Gasteiger partial charge in [0.1, 0.15) is 17.2 Å². The van der Waals surface area contributed by atoms with Crippen LogP contribution >= 0.6 is 0 Å². The largest absolute Gasteiger partial charge is 0.497 e. The summed E-state index contributed by atoms with van der Waals surface area (Å²) in [6.07, 6.45) is 0.256. The minimum Gasteiger partial charge on any atom is -0.497 e. The van der Waals surface area contributed by atoms with E-state index in [-0.39, 0.29) is 12.3 Å². The van der Waals surface area contributed by atoms with E-state index >= 15 is 0 Å². The third-order valence-corrected chi connectivity index (χ3v) is 3.71. The fourth-order valence-corrected chi connectivity index (χ4v) is 2.17. The highest BCUT2D eigenvalue weighted by molar-refractivity contribution is 5.91. The standard InChI is InChI=1S/C19H23NO4/c1-13-5-6-16(9-14(13)2)24-8-7-19(21)20-15-10-17(22-3)12-18(11-15)23-4/h5-6,9-12H,7-8H2,1-4H3,(H,20,21). The van der Waals surface area contributed by atoms with E-state index < -0.39 is 0 Å². The molecule has 0 bridgehead atoms. The van der Waals surface area contributed by atoms with Gasteiger partial charge < -0.3 is 19.5 Å². The van der Waals surface area contributed by atoms with Gasteiger partial charge in [-0.25, -0.2) is 0 Å². The number of methoxy groups -OCH3 is 2. The summed E-state index contributed by atoms with van der Waals surface area (Å²) in [6.45, 7) is 4.40. The van der Waals surface area contributed by atoms with Gasteiger partial charge in [0.05, 0.1) is 27.2 Å². The number of nitrogens with one attached hydrogen (secondary N) is 1. The number of hydrogen-bond acceptors (Lipinski definition) is 4. The number of anilines is 1. The number of carbonyl (C=O) groups is 1. The highest BCUT2D eigenvalue weighted by Gasteiger charge is 2.07. The van der Waals surface area contributed by atoms with Crippen molar-refractivity contribution >= 4 is 11.6 Å². The van der Waals surface area contributed by atoms with Crippen molar-refractivity contribution in [2.75, 3.05) is 26.1 Å². The maximum absolute atomic E-state index is 12.1. The Hall–Kier alpha value is -2.69. The third kappa shape index (κ3) is 4.91. The Kier molecular flexibility index (Phi) is 6.07. The Balaban J connectivity index is 1.88. The Bertz CT molecular complexity index is 690. The second kappa shape index (κ2) is 8.24. The molecule has 0 aliphatic rings. The van der Waals surface area contributed by atoms with Crippen LogP contribution in [0.25, 0.3) is 0 Å². The SMILES string of the molecule is COc1cc(NC(=O)CCOc2ccc(C)c(C)c2)cc(OC)c1. The Labute approximate surface area is 142 Å². The molecule has 2 rings (SSSR count). The van der Waals surface area contributed by atoms with Gasteiger partial charge in [-0.05, 0) is 37.1 Å². The first-order valence-electron chi connectivity index (χ1n) is 7.75. The molecule has 0 heterocycles. The predicted octanol–water partition coefficient (Wildman–Crippen LogP) is 3.73. The van der Waals surface area contributed by atoms with Gasteiger partial charge in [0.2, 0.25) is 5.91 Å². The number of benzene rings is 2. The van der Waals surface area contributed by atoms with Crippen LogP contribution in [0.4, 0.5) is 5.69 Å². The minimum atomic E-state index is -0.130. The second-order valence-corrected chi connectivity index (χ2v) is 5.49. The molecular weight excluding hydrogens is 306 g/mol. The molecular formula is C19H23NO4. The molecule has 1 N–H and O–H groups in total. The summed E-state index contributed by atoms with van der Waals surface area (Å²) in [5.41, 5.74) is 3.01. The van der Waals surface area contributed by atoms with Gasteiger partial charge in [0, 0.05) is 23.9 Å². The van der Waals surface area contributed by atoms with Crippen molar-refractivity contribution in [1.82, 2.24) is 0 Å². The van der Waals surface area contributed by atoms with Crippen molar-refractivity contribution < 1.29 is 19.0 Å². The molecule has 0 saturated carbocycles. The number of hydrogen-bond donors (Lipinski definition) is 1. The lowest BCUT2D eigenvalue weighted by Gasteiger charge is -2.11. The van der Waals surface area contributed by atoms with E-state index in [0.717, 1.165) is 5.75 Å². The van der Waals surface area contributed by atoms with Crippen LogP contribution in [0.15, 0.2) is 36.4 Å². The highest BCUT2D eigenvalue weighted by atomic mass is 16.5. The lowest BCUT2D eigenvalue weighted by atomic mass is 10.1. The molecule has 5 heteroatoms. The molecule has 0 spiro atoms. The number of carbonyl (C=O) groups excluding carboxylic acids is 1. The molecule has 2 aromatic carbocycles. The number of rotatable bonds is 7. The minimum absolute atomic E-state index is 0.130. The second-order valence-electron chi connectivity index (χ2n) is 5.49. The van der Waals surface area contributed by atoms with E-state index in [1.165, 1.54) is 11.1 Å². The van der Waals surface area contributed by atoms with Crippen molar-refractivity contribution in [2.45, 2.75) is 20.3 Å². The average Bonchev–Trinajstić information content (AvgIpc) is 2.57. The van der Waals surface area contributed by atoms with Crippen LogP contribution in [0.5, 0.6) is 17.2 Å². The molecule has 24 heavy (non-hydrogen) atoms. The van der Waals surface area contributed by atoms with Crippen LogP contribution < -0.4 is 19.5 Å². The maximum atomic E-state index is 12.1. The highest BCUT2D eigenvalue weighted by Crippen LogP contribution is 2.25. The van der Waals surface area contributed by atoms with Crippen LogP contribution in [0.3, 0.4) is 0 Å². The summed E-state index contributed by atoms with van der Waals surface area (Å²) in [5.74, 6) is 1.88. The zero-order valence-corrected chi connectivity index (χ0v) is 14.5. The lowest BCUT2D eigenvalue weighted by molar-refractivity contribution is -0.116. The van der Waals surface area contributed by atoms with Crippen molar-refractivity contribution in [3.63, 3.8) is 0 Å². The van der Waals surface area contributed by atoms with Crippen LogP contribution in [0.1, 0.15) is 17.5 Å². The van der Waals surface area contributed by atoms with Crippen molar-refractivity contribution in [3.8, 4) is 17.2 Å². The van der Waals surface area contributed by atoms with E-state index in [1.54, 1.807) is 32.4 Å². The lowest BCUT2D eigenvalue weighted by Crippen LogP contribution is -2.15. The zero-order valence-electron chi connectivity index (χ0n) is 14.5. The summed E-state index contributed by atoms with van der Waals surface area (Å²) in [5, 5.41) is 2.82. The van der Waals surface area contributed by atoms with Crippen LogP contribution in [-0.2, 0) is 4.79 Å². The van der Waals surface area contributed by atoms with Gasteiger partial charge in [-0.2, -0.15) is 0 Å². The normalized spacial score (nSPS) is 10.2. The quantitative estimate of drug-likeness (QED) is 0.841. The third-order valence-electron chi connectivity index (χ3n) is 3.71. The molecule has 0 aliphatic carbocycles. The first-order valence-corrected chi connectivity index (χ1v) is 7.75. The smallest absolute Gasteiger partial charge is 0.227 e. The molecule has 0 aromatic heterocycles.